The molecule has 1 aliphatic rings. The summed E-state index contributed by atoms with van der Waals surface area (Å²) in [5.41, 5.74) is 2.60. The summed E-state index contributed by atoms with van der Waals surface area (Å²) in [5, 5.41) is 4.54. The van der Waals surface area contributed by atoms with Crippen LogP contribution in [0.3, 0.4) is 0 Å². The maximum absolute atomic E-state index is 12.9. The highest BCUT2D eigenvalue weighted by molar-refractivity contribution is 7.18. The predicted octanol–water partition coefficient (Wildman–Crippen LogP) is 3.91. The first-order valence-electron chi connectivity index (χ1n) is 10.1. The summed E-state index contributed by atoms with van der Waals surface area (Å²) in [6.45, 7) is 3.72. The van der Waals surface area contributed by atoms with Gasteiger partial charge in [-0.2, -0.15) is 0 Å². The Bertz CT molecular complexity index is 1020. The van der Waals surface area contributed by atoms with Gasteiger partial charge in [-0.1, -0.05) is 25.5 Å². The zero-order valence-electron chi connectivity index (χ0n) is 16.5. The number of hydrogen-bond donors (Lipinski definition) is 1. The van der Waals surface area contributed by atoms with Crippen LogP contribution in [0.2, 0.25) is 0 Å². The Hall–Kier alpha value is -2.18. The van der Waals surface area contributed by atoms with Gasteiger partial charge in [0.15, 0.2) is 0 Å². The second kappa shape index (κ2) is 8.45. The minimum Gasteiger partial charge on any atom is -0.497 e. The number of hydrogen-bond acceptors (Lipinski definition) is 5. The predicted molar refractivity (Wildman–Crippen MR) is 114 cm³/mol. The van der Waals surface area contributed by atoms with Crippen LogP contribution in [-0.2, 0) is 25.9 Å². The molecule has 6 heteroatoms. The third-order valence-electron chi connectivity index (χ3n) is 5.52. The van der Waals surface area contributed by atoms with Crippen LogP contribution in [0.1, 0.15) is 42.2 Å². The molecule has 3 aromatic rings. The Labute approximate surface area is 169 Å². The molecule has 1 atom stereocenters. The molecule has 28 heavy (non-hydrogen) atoms. The fraction of sp³-hybridized carbons (Fsp3) is 0.455. The zero-order valence-corrected chi connectivity index (χ0v) is 17.3. The fourth-order valence-corrected chi connectivity index (χ4v) is 5.17. The van der Waals surface area contributed by atoms with Gasteiger partial charge in [0.25, 0.3) is 5.56 Å². The molecule has 0 spiro atoms. The molecular weight excluding hydrogens is 370 g/mol. The molecule has 4 rings (SSSR count). The third kappa shape index (κ3) is 3.84. The van der Waals surface area contributed by atoms with Gasteiger partial charge in [-0.25, -0.2) is 4.98 Å². The van der Waals surface area contributed by atoms with E-state index in [1.54, 1.807) is 29.3 Å². The molecule has 5 nitrogen and oxygen atoms in total. The van der Waals surface area contributed by atoms with Crippen molar-refractivity contribution in [1.82, 2.24) is 14.9 Å². The van der Waals surface area contributed by atoms with Crippen molar-refractivity contribution in [2.75, 3.05) is 7.11 Å². The molecule has 0 radical (unpaired) electrons. The van der Waals surface area contributed by atoms with Gasteiger partial charge in [0.2, 0.25) is 0 Å². The van der Waals surface area contributed by atoms with Crippen LogP contribution in [0, 0.1) is 0 Å². The van der Waals surface area contributed by atoms with Gasteiger partial charge in [0.05, 0.1) is 18.8 Å². The Kier molecular flexibility index (Phi) is 5.78. The van der Waals surface area contributed by atoms with Crippen molar-refractivity contribution in [2.45, 2.75) is 58.2 Å². The number of unbranched alkanes of at least 4 members (excludes halogenated alkanes) is 1. The number of aromatic nitrogens is 2. The van der Waals surface area contributed by atoms with E-state index in [1.165, 1.54) is 16.0 Å². The van der Waals surface area contributed by atoms with Crippen LogP contribution < -0.4 is 15.6 Å². The van der Waals surface area contributed by atoms with Gasteiger partial charge in [-0.3, -0.25) is 9.36 Å². The first-order chi connectivity index (χ1) is 13.7. The molecule has 0 aliphatic heterocycles. The Morgan fingerprint density at radius 2 is 2.29 bits per heavy atom. The van der Waals surface area contributed by atoms with E-state index in [4.69, 9.17) is 4.74 Å². The largest absolute Gasteiger partial charge is 0.497 e. The van der Waals surface area contributed by atoms with Crippen LogP contribution >= 0.6 is 11.3 Å². The van der Waals surface area contributed by atoms with Crippen molar-refractivity contribution in [3.63, 3.8) is 0 Å². The van der Waals surface area contributed by atoms with Gasteiger partial charge >= 0.3 is 0 Å². The van der Waals surface area contributed by atoms with Crippen molar-refractivity contribution in [3.05, 3.63) is 57.0 Å². The topological polar surface area (TPSA) is 56.2 Å². The van der Waals surface area contributed by atoms with E-state index in [0.29, 0.717) is 6.04 Å². The summed E-state index contributed by atoms with van der Waals surface area (Å²) in [5.74, 6) is 0.889. The summed E-state index contributed by atoms with van der Waals surface area (Å²) < 4.78 is 7.09. The quantitative estimate of drug-likeness (QED) is 0.657. The van der Waals surface area contributed by atoms with Crippen LogP contribution in [0.25, 0.3) is 10.2 Å². The second-order valence-electron chi connectivity index (χ2n) is 7.45. The van der Waals surface area contributed by atoms with Crippen LogP contribution in [0.15, 0.2) is 35.4 Å². The van der Waals surface area contributed by atoms with Crippen LogP contribution in [0.5, 0.6) is 5.75 Å². The van der Waals surface area contributed by atoms with E-state index in [2.05, 4.69) is 29.4 Å². The molecule has 1 aliphatic carbocycles. The normalized spacial score (nSPS) is 16.3. The number of aryl methyl sites for hydroxylation is 2. The monoisotopic (exact) mass is 397 g/mol. The van der Waals surface area contributed by atoms with Crippen molar-refractivity contribution < 1.29 is 4.74 Å². The van der Waals surface area contributed by atoms with Crippen molar-refractivity contribution in [2.24, 2.45) is 0 Å². The number of ether oxygens (including phenoxy) is 1. The molecule has 1 N–H and O–H groups in total. The van der Waals surface area contributed by atoms with E-state index in [9.17, 15) is 4.79 Å². The standard InChI is InChI=1S/C22H27N3O2S/c1-3-4-10-25-14-24-21-20(22(25)26)18-9-8-16(12-19(18)28-21)23-13-15-6-5-7-17(11-15)27-2/h5-7,11,14,16,23H,3-4,8-10,12-13H2,1-2H3. The lowest BCUT2D eigenvalue weighted by Gasteiger charge is -2.23. The lowest BCUT2D eigenvalue weighted by Crippen LogP contribution is -2.33. The average Bonchev–Trinajstić information content (AvgIpc) is 3.10. The number of nitrogens with zero attached hydrogens (tertiary/aromatic N) is 2. The van der Waals surface area contributed by atoms with Gasteiger partial charge in [0, 0.05) is 24.0 Å². The molecule has 0 saturated heterocycles. The van der Waals surface area contributed by atoms with Crippen molar-refractivity contribution >= 4 is 21.6 Å². The summed E-state index contributed by atoms with van der Waals surface area (Å²) in [7, 11) is 1.70. The van der Waals surface area contributed by atoms with Crippen molar-refractivity contribution in [3.8, 4) is 5.75 Å². The number of methoxy groups -OCH3 is 1. The SMILES string of the molecule is CCCCn1cnc2sc3c(c2c1=O)CCC(NCc1cccc(OC)c1)C3. The Balaban J connectivity index is 1.50. The van der Waals surface area contributed by atoms with E-state index in [1.807, 2.05) is 12.1 Å². The zero-order chi connectivity index (χ0) is 19.5. The van der Waals surface area contributed by atoms with Crippen LogP contribution in [-0.4, -0.2) is 22.7 Å². The van der Waals surface area contributed by atoms with E-state index < -0.39 is 0 Å². The molecule has 0 bridgehead atoms. The van der Waals surface area contributed by atoms with Gasteiger partial charge < -0.3 is 10.1 Å². The molecule has 148 valence electrons. The van der Waals surface area contributed by atoms with Crippen LogP contribution in [0.4, 0.5) is 0 Å². The van der Waals surface area contributed by atoms with Crippen molar-refractivity contribution in [1.29, 1.82) is 0 Å². The maximum atomic E-state index is 12.9. The fourth-order valence-electron chi connectivity index (χ4n) is 3.91. The number of benzene rings is 1. The van der Waals surface area contributed by atoms with Gasteiger partial charge in [0.1, 0.15) is 10.6 Å². The first kappa shape index (κ1) is 19.2. The highest BCUT2D eigenvalue weighted by atomic mass is 32.1. The van der Waals surface area contributed by atoms with Gasteiger partial charge in [-0.15, -0.1) is 11.3 Å². The second-order valence-corrected chi connectivity index (χ2v) is 8.54. The summed E-state index contributed by atoms with van der Waals surface area (Å²) in [6, 6.07) is 8.60. The molecule has 1 aromatic carbocycles. The summed E-state index contributed by atoms with van der Waals surface area (Å²) in [6.07, 6.45) is 6.77. The van der Waals surface area contributed by atoms with E-state index >= 15 is 0 Å². The van der Waals surface area contributed by atoms with E-state index in [0.717, 1.165) is 61.2 Å². The number of rotatable bonds is 7. The Morgan fingerprint density at radius 3 is 3.11 bits per heavy atom. The minimum absolute atomic E-state index is 0.138. The van der Waals surface area contributed by atoms with Gasteiger partial charge in [-0.05, 0) is 48.9 Å². The average molecular weight is 398 g/mol. The highest BCUT2D eigenvalue weighted by Gasteiger charge is 2.25. The lowest BCUT2D eigenvalue weighted by atomic mass is 9.93. The first-order valence-corrected chi connectivity index (χ1v) is 10.9. The Morgan fingerprint density at radius 1 is 1.39 bits per heavy atom. The molecule has 0 saturated carbocycles. The molecular formula is C22H27N3O2S. The molecule has 0 amide bonds. The highest BCUT2D eigenvalue weighted by Crippen LogP contribution is 2.33. The molecule has 2 heterocycles. The number of nitrogens with one attached hydrogen (secondary N) is 1. The lowest BCUT2D eigenvalue weighted by molar-refractivity contribution is 0.413. The number of fused-ring (bicyclic) bond motifs is 3. The third-order valence-corrected chi connectivity index (χ3v) is 6.68. The molecule has 0 fully saturated rings. The molecule has 2 aromatic heterocycles. The van der Waals surface area contributed by atoms with E-state index in [-0.39, 0.29) is 5.56 Å². The minimum atomic E-state index is 0.138. The molecule has 1 unspecified atom stereocenters. The smallest absolute Gasteiger partial charge is 0.262 e. The summed E-state index contributed by atoms with van der Waals surface area (Å²) in [4.78, 5) is 19.7. The number of thiophene rings is 1. The maximum Gasteiger partial charge on any atom is 0.262 e. The summed E-state index contributed by atoms with van der Waals surface area (Å²) >= 11 is 1.69.